The van der Waals surface area contributed by atoms with Crippen molar-refractivity contribution in [3.63, 3.8) is 0 Å². The van der Waals surface area contributed by atoms with Crippen LogP contribution < -0.4 is 0 Å². The number of rotatable bonds is 6. The molecule has 0 atom stereocenters. The van der Waals surface area contributed by atoms with Gasteiger partial charge in [-0.3, -0.25) is 0 Å². The Hall–Kier alpha value is -1.06. The highest BCUT2D eigenvalue weighted by molar-refractivity contribution is 7.99. The van der Waals surface area contributed by atoms with Gasteiger partial charge in [-0.15, -0.1) is 11.8 Å². The Balaban J connectivity index is 2.14. The molecule has 0 saturated carbocycles. The Bertz CT molecular complexity index is 576. The lowest BCUT2D eigenvalue weighted by molar-refractivity contribution is 0.324. The molecule has 0 radical (unpaired) electrons. The number of nitrogens with zero attached hydrogens (tertiary/aromatic N) is 2. The average Bonchev–Trinajstić information content (AvgIpc) is 2.45. The summed E-state index contributed by atoms with van der Waals surface area (Å²) in [6, 6.07) is 8.64. The van der Waals surface area contributed by atoms with Crippen molar-refractivity contribution >= 4 is 22.7 Å². The summed E-state index contributed by atoms with van der Waals surface area (Å²) in [4.78, 5) is 7.32. The molecule has 1 heterocycles. The van der Waals surface area contributed by atoms with Crippen LogP contribution in [0.25, 0.3) is 10.9 Å². The lowest BCUT2D eigenvalue weighted by Gasteiger charge is -2.17. The summed E-state index contributed by atoms with van der Waals surface area (Å²) in [7, 11) is 0. The van der Waals surface area contributed by atoms with Crippen molar-refractivity contribution in [1.29, 1.82) is 0 Å². The van der Waals surface area contributed by atoms with Gasteiger partial charge in [0.1, 0.15) is 0 Å². The van der Waals surface area contributed by atoms with E-state index in [0.717, 1.165) is 30.9 Å². The number of aromatic nitrogens is 1. The van der Waals surface area contributed by atoms with Crippen LogP contribution in [0, 0.1) is 13.8 Å². The molecule has 0 aliphatic carbocycles. The molecule has 0 unspecified atom stereocenters. The van der Waals surface area contributed by atoms with Crippen molar-refractivity contribution < 1.29 is 0 Å². The van der Waals surface area contributed by atoms with Crippen LogP contribution >= 0.6 is 11.8 Å². The van der Waals surface area contributed by atoms with E-state index >= 15 is 0 Å². The van der Waals surface area contributed by atoms with Gasteiger partial charge in [0.2, 0.25) is 0 Å². The highest BCUT2D eigenvalue weighted by atomic mass is 32.2. The summed E-state index contributed by atoms with van der Waals surface area (Å²) in [5, 5.41) is 2.43. The number of para-hydroxylation sites is 1. The zero-order valence-electron chi connectivity index (χ0n) is 12.9. The molecule has 20 heavy (non-hydrogen) atoms. The minimum Gasteiger partial charge on any atom is -0.303 e. The van der Waals surface area contributed by atoms with Crippen LogP contribution in [0.5, 0.6) is 0 Å². The van der Waals surface area contributed by atoms with Gasteiger partial charge >= 0.3 is 0 Å². The zero-order chi connectivity index (χ0) is 14.5. The van der Waals surface area contributed by atoms with Gasteiger partial charge < -0.3 is 4.90 Å². The maximum absolute atomic E-state index is 4.87. The van der Waals surface area contributed by atoms with Crippen molar-refractivity contribution in [2.75, 3.05) is 25.4 Å². The van der Waals surface area contributed by atoms with E-state index in [0.29, 0.717) is 0 Å². The normalized spacial score (nSPS) is 11.4. The fraction of sp³-hybridized carbons (Fsp3) is 0.471. The maximum Gasteiger partial charge on any atom is 0.0997 e. The van der Waals surface area contributed by atoms with E-state index < -0.39 is 0 Å². The quantitative estimate of drug-likeness (QED) is 0.738. The van der Waals surface area contributed by atoms with E-state index in [1.54, 1.807) is 0 Å². The third-order valence-electron chi connectivity index (χ3n) is 3.73. The predicted molar refractivity (Wildman–Crippen MR) is 89.7 cm³/mol. The van der Waals surface area contributed by atoms with Gasteiger partial charge in [-0.05, 0) is 44.1 Å². The molecule has 1 aromatic carbocycles. The second kappa shape index (κ2) is 7.09. The van der Waals surface area contributed by atoms with Crippen LogP contribution in [0.2, 0.25) is 0 Å². The molecule has 0 bridgehead atoms. The number of benzene rings is 1. The Morgan fingerprint density at radius 3 is 2.55 bits per heavy atom. The number of hydrogen-bond donors (Lipinski definition) is 0. The highest BCUT2D eigenvalue weighted by Crippen LogP contribution is 2.25. The first-order valence-corrected chi connectivity index (χ1v) is 8.36. The minimum absolute atomic E-state index is 1.10. The van der Waals surface area contributed by atoms with Gasteiger partial charge in [0.25, 0.3) is 0 Å². The number of aryl methyl sites for hydroxylation is 2. The van der Waals surface area contributed by atoms with Crippen LogP contribution in [0.3, 0.4) is 0 Å². The van der Waals surface area contributed by atoms with Crippen LogP contribution in [-0.2, 0) is 0 Å². The molecule has 2 aromatic rings. The SMILES string of the molecule is CCN(CC)CCSc1nc2c(C)cccc2cc1C. The van der Waals surface area contributed by atoms with E-state index in [2.05, 4.69) is 56.9 Å². The Labute approximate surface area is 126 Å². The minimum atomic E-state index is 1.10. The first-order valence-electron chi connectivity index (χ1n) is 7.37. The van der Waals surface area contributed by atoms with Crippen LogP contribution in [0.1, 0.15) is 25.0 Å². The van der Waals surface area contributed by atoms with Gasteiger partial charge in [-0.2, -0.15) is 0 Å². The number of thioether (sulfide) groups is 1. The summed E-state index contributed by atoms with van der Waals surface area (Å²) in [5.74, 6) is 1.10. The summed E-state index contributed by atoms with van der Waals surface area (Å²) < 4.78 is 0. The van der Waals surface area contributed by atoms with E-state index in [-0.39, 0.29) is 0 Å². The summed E-state index contributed by atoms with van der Waals surface area (Å²) in [5.41, 5.74) is 3.68. The second-order valence-electron chi connectivity index (χ2n) is 5.13. The standard InChI is InChI=1S/C17H24N2S/c1-5-19(6-2)10-11-20-17-14(4)12-15-9-7-8-13(3)16(15)18-17/h7-9,12H,5-6,10-11H2,1-4H3. The third-order valence-corrected chi connectivity index (χ3v) is 4.81. The van der Waals surface area contributed by atoms with Crippen LogP contribution in [0.4, 0.5) is 0 Å². The van der Waals surface area contributed by atoms with Crippen LogP contribution in [-0.4, -0.2) is 35.3 Å². The van der Waals surface area contributed by atoms with E-state index in [4.69, 9.17) is 4.98 Å². The summed E-state index contributed by atoms with van der Waals surface area (Å²) >= 11 is 1.88. The van der Waals surface area contributed by atoms with Crippen LogP contribution in [0.15, 0.2) is 29.3 Å². The number of pyridine rings is 1. The summed E-state index contributed by atoms with van der Waals surface area (Å²) in [6.07, 6.45) is 0. The zero-order valence-corrected chi connectivity index (χ0v) is 13.8. The van der Waals surface area contributed by atoms with Crippen molar-refractivity contribution in [3.8, 4) is 0 Å². The van der Waals surface area contributed by atoms with Crippen molar-refractivity contribution in [3.05, 3.63) is 35.4 Å². The van der Waals surface area contributed by atoms with E-state index in [9.17, 15) is 0 Å². The van der Waals surface area contributed by atoms with Gasteiger partial charge in [-0.25, -0.2) is 4.98 Å². The maximum atomic E-state index is 4.87. The molecular formula is C17H24N2S. The molecule has 3 heteroatoms. The molecule has 0 aliphatic rings. The monoisotopic (exact) mass is 288 g/mol. The second-order valence-corrected chi connectivity index (χ2v) is 6.22. The topological polar surface area (TPSA) is 16.1 Å². The smallest absolute Gasteiger partial charge is 0.0997 e. The molecule has 0 spiro atoms. The molecule has 2 nitrogen and oxygen atoms in total. The average molecular weight is 288 g/mol. The van der Waals surface area contributed by atoms with Gasteiger partial charge in [0, 0.05) is 17.7 Å². The summed E-state index contributed by atoms with van der Waals surface area (Å²) in [6.45, 7) is 12.1. The number of fused-ring (bicyclic) bond motifs is 1. The molecule has 0 N–H and O–H groups in total. The van der Waals surface area contributed by atoms with E-state index in [1.165, 1.54) is 21.5 Å². The molecular weight excluding hydrogens is 264 g/mol. The Morgan fingerprint density at radius 1 is 1.10 bits per heavy atom. The molecule has 0 saturated heterocycles. The first kappa shape index (κ1) is 15.3. The van der Waals surface area contributed by atoms with Gasteiger partial charge in [-0.1, -0.05) is 32.0 Å². The molecule has 108 valence electrons. The molecule has 0 aliphatic heterocycles. The number of hydrogen-bond acceptors (Lipinski definition) is 3. The molecule has 1 aromatic heterocycles. The van der Waals surface area contributed by atoms with E-state index in [1.807, 2.05) is 11.8 Å². The van der Waals surface area contributed by atoms with Gasteiger partial charge in [0.05, 0.1) is 10.5 Å². The Morgan fingerprint density at radius 2 is 1.85 bits per heavy atom. The highest BCUT2D eigenvalue weighted by Gasteiger charge is 2.07. The van der Waals surface area contributed by atoms with Crippen molar-refractivity contribution in [2.24, 2.45) is 0 Å². The lowest BCUT2D eigenvalue weighted by Crippen LogP contribution is -2.25. The first-order chi connectivity index (χ1) is 9.65. The predicted octanol–water partition coefficient (Wildman–Crippen LogP) is 4.29. The fourth-order valence-corrected chi connectivity index (χ4v) is 3.38. The molecule has 0 fully saturated rings. The Kier molecular flexibility index (Phi) is 5.44. The fourth-order valence-electron chi connectivity index (χ4n) is 2.39. The molecule has 2 rings (SSSR count). The van der Waals surface area contributed by atoms with Crippen molar-refractivity contribution in [1.82, 2.24) is 9.88 Å². The lowest BCUT2D eigenvalue weighted by atomic mass is 10.1. The molecule has 0 amide bonds. The van der Waals surface area contributed by atoms with Crippen molar-refractivity contribution in [2.45, 2.75) is 32.7 Å². The van der Waals surface area contributed by atoms with Gasteiger partial charge in [0.15, 0.2) is 0 Å². The third kappa shape index (κ3) is 3.53. The largest absolute Gasteiger partial charge is 0.303 e.